The number of rotatable bonds is 3. The number of carbonyl (C=O) groups excluding carboxylic acids is 1. The molecule has 2 aromatic carbocycles. The lowest BCUT2D eigenvalue weighted by molar-refractivity contribution is 0.102. The summed E-state index contributed by atoms with van der Waals surface area (Å²) in [7, 11) is 0. The largest absolute Gasteiger partial charge is 0.326 e. The second-order valence-electron chi connectivity index (χ2n) is 4.44. The minimum atomic E-state index is -0.575. The molecule has 0 unspecified atom stereocenters. The van der Waals surface area contributed by atoms with Crippen LogP contribution in [0.2, 0.25) is 0 Å². The maximum Gasteiger partial charge on any atom is 0.255 e. The van der Waals surface area contributed by atoms with Crippen molar-refractivity contribution in [3.05, 3.63) is 64.7 Å². The van der Waals surface area contributed by atoms with E-state index in [1.54, 1.807) is 13.0 Å². The summed E-state index contributed by atoms with van der Waals surface area (Å²) < 4.78 is 27.1. The van der Waals surface area contributed by atoms with Gasteiger partial charge in [0.25, 0.3) is 5.91 Å². The summed E-state index contributed by atoms with van der Waals surface area (Å²) in [5, 5.41) is 2.40. The third kappa shape index (κ3) is 3.00. The van der Waals surface area contributed by atoms with Gasteiger partial charge in [-0.1, -0.05) is 12.1 Å². The maximum atomic E-state index is 13.7. The monoisotopic (exact) mass is 276 g/mol. The van der Waals surface area contributed by atoms with E-state index in [2.05, 4.69) is 5.32 Å². The van der Waals surface area contributed by atoms with Crippen molar-refractivity contribution in [2.24, 2.45) is 5.73 Å². The number of anilines is 1. The number of amides is 1. The summed E-state index contributed by atoms with van der Waals surface area (Å²) in [6.07, 6.45) is 0. The van der Waals surface area contributed by atoms with Crippen molar-refractivity contribution in [2.75, 3.05) is 5.32 Å². The van der Waals surface area contributed by atoms with Gasteiger partial charge in [0.15, 0.2) is 0 Å². The van der Waals surface area contributed by atoms with Gasteiger partial charge in [-0.25, -0.2) is 8.78 Å². The molecule has 0 spiro atoms. The van der Waals surface area contributed by atoms with Gasteiger partial charge in [0.2, 0.25) is 0 Å². The van der Waals surface area contributed by atoms with E-state index in [9.17, 15) is 13.6 Å². The maximum absolute atomic E-state index is 13.7. The number of nitrogens with one attached hydrogen (secondary N) is 1. The van der Waals surface area contributed by atoms with Crippen LogP contribution in [0.4, 0.5) is 14.5 Å². The quantitative estimate of drug-likeness (QED) is 0.905. The molecule has 3 nitrogen and oxygen atoms in total. The van der Waals surface area contributed by atoms with Gasteiger partial charge in [-0.3, -0.25) is 4.79 Å². The van der Waals surface area contributed by atoms with E-state index in [0.29, 0.717) is 11.1 Å². The number of aryl methyl sites for hydroxylation is 1. The molecule has 1 amide bonds. The van der Waals surface area contributed by atoms with Gasteiger partial charge in [-0.05, 0) is 42.3 Å². The zero-order valence-corrected chi connectivity index (χ0v) is 10.9. The van der Waals surface area contributed by atoms with Gasteiger partial charge in [0, 0.05) is 12.1 Å². The second-order valence-corrected chi connectivity index (χ2v) is 4.44. The van der Waals surface area contributed by atoms with Crippen molar-refractivity contribution in [3.63, 3.8) is 0 Å². The van der Waals surface area contributed by atoms with E-state index in [1.807, 2.05) is 0 Å². The van der Waals surface area contributed by atoms with Crippen molar-refractivity contribution >= 4 is 11.6 Å². The van der Waals surface area contributed by atoms with Crippen LogP contribution in [0.5, 0.6) is 0 Å². The lowest BCUT2D eigenvalue weighted by atomic mass is 10.1. The third-order valence-corrected chi connectivity index (χ3v) is 2.95. The van der Waals surface area contributed by atoms with Crippen LogP contribution in [-0.4, -0.2) is 5.91 Å². The number of halogens is 2. The van der Waals surface area contributed by atoms with Crippen LogP contribution >= 0.6 is 0 Å². The van der Waals surface area contributed by atoms with Crippen molar-refractivity contribution < 1.29 is 13.6 Å². The molecule has 0 aromatic heterocycles. The molecular formula is C15H14F2N2O. The summed E-state index contributed by atoms with van der Waals surface area (Å²) in [4.78, 5) is 11.9. The summed E-state index contributed by atoms with van der Waals surface area (Å²) >= 11 is 0. The van der Waals surface area contributed by atoms with Crippen LogP contribution in [0.15, 0.2) is 36.4 Å². The molecule has 2 rings (SSSR count). The minimum absolute atomic E-state index is 0.0354. The van der Waals surface area contributed by atoms with E-state index in [0.717, 1.165) is 6.07 Å². The first kappa shape index (κ1) is 14.1. The van der Waals surface area contributed by atoms with Gasteiger partial charge in [-0.2, -0.15) is 0 Å². The smallest absolute Gasteiger partial charge is 0.255 e. The van der Waals surface area contributed by atoms with E-state index >= 15 is 0 Å². The summed E-state index contributed by atoms with van der Waals surface area (Å²) in [6.45, 7) is 1.82. The molecule has 0 bridgehead atoms. The Labute approximate surface area is 115 Å². The molecule has 3 N–H and O–H groups in total. The average Bonchev–Trinajstić information content (AvgIpc) is 2.43. The fraction of sp³-hybridized carbons (Fsp3) is 0.133. The number of carbonyl (C=O) groups is 1. The van der Waals surface area contributed by atoms with Gasteiger partial charge in [0.05, 0.1) is 5.69 Å². The molecule has 0 radical (unpaired) electrons. The Morgan fingerprint density at radius 1 is 1.15 bits per heavy atom. The molecule has 5 heteroatoms. The lowest BCUT2D eigenvalue weighted by Gasteiger charge is -2.08. The highest BCUT2D eigenvalue weighted by Crippen LogP contribution is 2.17. The normalized spacial score (nSPS) is 10.4. The summed E-state index contributed by atoms with van der Waals surface area (Å²) in [5.41, 5.74) is 6.64. The average molecular weight is 276 g/mol. The van der Waals surface area contributed by atoms with Gasteiger partial charge >= 0.3 is 0 Å². The molecule has 20 heavy (non-hydrogen) atoms. The van der Waals surface area contributed by atoms with Crippen molar-refractivity contribution in [2.45, 2.75) is 13.5 Å². The number of benzene rings is 2. The van der Waals surface area contributed by atoms with Crippen LogP contribution in [0.3, 0.4) is 0 Å². The van der Waals surface area contributed by atoms with Gasteiger partial charge in [0.1, 0.15) is 11.6 Å². The van der Waals surface area contributed by atoms with Crippen LogP contribution in [0.1, 0.15) is 21.5 Å². The van der Waals surface area contributed by atoms with Crippen LogP contribution in [0, 0.1) is 18.6 Å². The Morgan fingerprint density at radius 3 is 2.50 bits per heavy atom. The molecule has 0 aliphatic heterocycles. The molecule has 0 aliphatic carbocycles. The topological polar surface area (TPSA) is 55.1 Å². The van der Waals surface area contributed by atoms with Crippen LogP contribution < -0.4 is 11.1 Å². The molecule has 0 saturated carbocycles. The molecule has 0 saturated heterocycles. The Kier molecular flexibility index (Phi) is 4.10. The van der Waals surface area contributed by atoms with Crippen LogP contribution in [0.25, 0.3) is 0 Å². The molecular weight excluding hydrogens is 262 g/mol. The van der Waals surface area contributed by atoms with Crippen LogP contribution in [-0.2, 0) is 6.54 Å². The summed E-state index contributed by atoms with van der Waals surface area (Å²) in [6, 6.07) is 8.41. The highest BCUT2D eigenvalue weighted by Gasteiger charge is 2.11. The van der Waals surface area contributed by atoms with E-state index in [-0.39, 0.29) is 17.8 Å². The lowest BCUT2D eigenvalue weighted by Crippen LogP contribution is -2.13. The molecule has 0 atom stereocenters. The Bertz CT molecular complexity index is 656. The number of nitrogens with two attached hydrogens (primary N) is 1. The van der Waals surface area contributed by atoms with Gasteiger partial charge < -0.3 is 11.1 Å². The number of hydrogen-bond donors (Lipinski definition) is 2. The highest BCUT2D eigenvalue weighted by molar-refractivity contribution is 6.04. The van der Waals surface area contributed by atoms with Gasteiger partial charge in [-0.15, -0.1) is 0 Å². The Hall–Kier alpha value is -2.27. The van der Waals surface area contributed by atoms with E-state index < -0.39 is 17.5 Å². The van der Waals surface area contributed by atoms with Crippen molar-refractivity contribution in [3.8, 4) is 0 Å². The van der Waals surface area contributed by atoms with E-state index in [1.165, 1.54) is 24.3 Å². The summed E-state index contributed by atoms with van der Waals surface area (Å²) in [5.74, 6) is -1.62. The highest BCUT2D eigenvalue weighted by atomic mass is 19.1. The molecule has 2 aromatic rings. The molecule has 0 heterocycles. The van der Waals surface area contributed by atoms with Crippen molar-refractivity contribution in [1.82, 2.24) is 0 Å². The van der Waals surface area contributed by atoms with E-state index in [4.69, 9.17) is 5.73 Å². The Morgan fingerprint density at radius 2 is 1.90 bits per heavy atom. The predicted octanol–water partition coefficient (Wildman–Crippen LogP) is 2.98. The minimum Gasteiger partial charge on any atom is -0.326 e. The Balaban J connectivity index is 2.21. The fourth-order valence-corrected chi connectivity index (χ4v) is 1.72. The molecule has 0 aliphatic rings. The molecule has 104 valence electrons. The molecule has 0 fully saturated rings. The fourth-order valence-electron chi connectivity index (χ4n) is 1.72. The zero-order chi connectivity index (χ0) is 14.7. The first-order valence-electron chi connectivity index (χ1n) is 6.07. The first-order valence-corrected chi connectivity index (χ1v) is 6.07. The zero-order valence-electron chi connectivity index (χ0n) is 10.9. The predicted molar refractivity (Wildman–Crippen MR) is 73.4 cm³/mol. The van der Waals surface area contributed by atoms with Crippen molar-refractivity contribution in [1.29, 1.82) is 0 Å². The SMILES string of the molecule is Cc1ccc(C(=O)Nc2ccc(CN)cc2F)cc1F. The third-order valence-electron chi connectivity index (χ3n) is 2.95. The standard InChI is InChI=1S/C15H14F2N2O/c1-9-2-4-11(7-12(9)16)15(20)19-14-5-3-10(8-18)6-13(14)17/h2-7H,8,18H2,1H3,(H,19,20). The second kappa shape index (κ2) is 5.79. The first-order chi connectivity index (χ1) is 9.51. The number of hydrogen-bond acceptors (Lipinski definition) is 2.